The van der Waals surface area contributed by atoms with E-state index in [-0.39, 0.29) is 23.2 Å². The largest absolute Gasteiger partial charge is 0.480 e. The molecule has 0 bridgehead atoms. The molecule has 10 nitrogen and oxygen atoms in total. The van der Waals surface area contributed by atoms with Gasteiger partial charge >= 0.3 is 17.6 Å². The summed E-state index contributed by atoms with van der Waals surface area (Å²) in [5, 5.41) is 32.4. The van der Waals surface area contributed by atoms with Gasteiger partial charge in [-0.3, -0.25) is 10.1 Å². The molecular weight excluding hydrogens is 332 g/mol. The lowest BCUT2D eigenvalue weighted by atomic mass is 10.0. The Morgan fingerprint density at radius 3 is 2.60 bits per heavy atom. The zero-order valence-corrected chi connectivity index (χ0v) is 13.9. The number of carboxylic acid groups (broad SMARTS) is 2. The maximum absolute atomic E-state index is 11.4. The zero-order chi connectivity index (χ0) is 18.7. The van der Waals surface area contributed by atoms with Gasteiger partial charge in [-0.05, 0) is 24.8 Å². The molecule has 2 rings (SSSR count). The topological polar surface area (TPSA) is 146 Å². The summed E-state index contributed by atoms with van der Waals surface area (Å²) in [6.07, 6.45) is 1.13. The fraction of sp³-hybridized carbons (Fsp3) is 0.533. The van der Waals surface area contributed by atoms with Crippen molar-refractivity contribution in [2.24, 2.45) is 5.92 Å². The van der Waals surface area contributed by atoms with Crippen molar-refractivity contribution in [1.82, 2.24) is 4.98 Å². The third kappa shape index (κ3) is 3.95. The van der Waals surface area contributed by atoms with E-state index >= 15 is 0 Å². The van der Waals surface area contributed by atoms with Crippen LogP contribution < -0.4 is 10.2 Å². The van der Waals surface area contributed by atoms with E-state index in [2.05, 4.69) is 10.3 Å². The first-order valence-corrected chi connectivity index (χ1v) is 7.86. The maximum atomic E-state index is 11.4. The van der Waals surface area contributed by atoms with Crippen molar-refractivity contribution in [2.45, 2.75) is 38.8 Å². The summed E-state index contributed by atoms with van der Waals surface area (Å²) in [7, 11) is 0. The van der Waals surface area contributed by atoms with Crippen LogP contribution in [0.3, 0.4) is 0 Å². The summed E-state index contributed by atoms with van der Waals surface area (Å²) in [5.74, 6) is -2.38. The minimum absolute atomic E-state index is 0.181. The Hall–Kier alpha value is -2.91. The quantitative estimate of drug-likeness (QED) is 0.491. The fourth-order valence-electron chi connectivity index (χ4n) is 2.81. The van der Waals surface area contributed by atoms with E-state index in [1.807, 2.05) is 0 Å². The predicted octanol–water partition coefficient (Wildman–Crippen LogP) is 1.56. The van der Waals surface area contributed by atoms with Gasteiger partial charge in [0.15, 0.2) is 0 Å². The van der Waals surface area contributed by atoms with Crippen LogP contribution in [0.4, 0.5) is 17.3 Å². The molecule has 136 valence electrons. The lowest BCUT2D eigenvalue weighted by Crippen LogP contribution is -2.37. The van der Waals surface area contributed by atoms with Crippen LogP contribution in [0.1, 0.15) is 26.7 Å². The minimum atomic E-state index is -1.15. The van der Waals surface area contributed by atoms with Crippen molar-refractivity contribution in [1.29, 1.82) is 0 Å². The van der Waals surface area contributed by atoms with Gasteiger partial charge in [0.2, 0.25) is 5.82 Å². The molecule has 1 fully saturated rings. The predicted molar refractivity (Wildman–Crippen MR) is 88.8 cm³/mol. The molecular formula is C15H20N4O6. The highest BCUT2D eigenvalue weighted by atomic mass is 16.6. The van der Waals surface area contributed by atoms with Crippen LogP contribution in [0.2, 0.25) is 0 Å². The van der Waals surface area contributed by atoms with E-state index < -0.39 is 28.9 Å². The van der Waals surface area contributed by atoms with Gasteiger partial charge in [-0.15, -0.1) is 0 Å². The highest BCUT2D eigenvalue weighted by Gasteiger charge is 2.33. The molecule has 1 saturated heterocycles. The second-order valence-electron chi connectivity index (χ2n) is 6.19. The average Bonchev–Trinajstić information content (AvgIpc) is 3.01. The molecule has 0 aromatic carbocycles. The number of hydrogen-bond acceptors (Lipinski definition) is 7. The standard InChI is InChI=1S/C15H20N4O6/c1-8(2)12(15(22)23)17-13-9(19(24)25)5-6-11(16-13)18-7-3-4-10(18)14(20)21/h5-6,8,10,12H,3-4,7H2,1-2H3,(H,16,17)(H,20,21)(H,22,23)/t10-,12?/m0/s1. The van der Waals surface area contributed by atoms with Gasteiger partial charge < -0.3 is 20.4 Å². The van der Waals surface area contributed by atoms with E-state index in [1.165, 1.54) is 12.1 Å². The van der Waals surface area contributed by atoms with Crippen LogP contribution in [0, 0.1) is 16.0 Å². The maximum Gasteiger partial charge on any atom is 0.326 e. The molecule has 3 N–H and O–H groups in total. The van der Waals surface area contributed by atoms with Gasteiger partial charge in [0.05, 0.1) is 4.92 Å². The fourth-order valence-corrected chi connectivity index (χ4v) is 2.81. The molecule has 10 heteroatoms. The first-order valence-electron chi connectivity index (χ1n) is 7.86. The van der Waals surface area contributed by atoms with E-state index in [1.54, 1.807) is 18.7 Å². The zero-order valence-electron chi connectivity index (χ0n) is 13.9. The summed E-state index contributed by atoms with van der Waals surface area (Å²) in [5.41, 5.74) is -0.360. The Morgan fingerprint density at radius 1 is 1.40 bits per heavy atom. The first-order chi connectivity index (χ1) is 11.7. The summed E-state index contributed by atoms with van der Waals surface area (Å²) < 4.78 is 0. The number of hydrogen-bond donors (Lipinski definition) is 3. The second kappa shape index (κ2) is 7.32. The van der Waals surface area contributed by atoms with Crippen molar-refractivity contribution < 1.29 is 24.7 Å². The molecule has 1 aliphatic heterocycles. The molecule has 1 aliphatic rings. The second-order valence-corrected chi connectivity index (χ2v) is 6.19. The minimum Gasteiger partial charge on any atom is -0.480 e. The summed E-state index contributed by atoms with van der Waals surface area (Å²) in [6, 6.07) is 0.786. The van der Waals surface area contributed by atoms with Gasteiger partial charge in [-0.1, -0.05) is 13.8 Å². The van der Waals surface area contributed by atoms with Crippen molar-refractivity contribution in [3.63, 3.8) is 0 Å². The monoisotopic (exact) mass is 352 g/mol. The van der Waals surface area contributed by atoms with E-state index in [4.69, 9.17) is 0 Å². The average molecular weight is 352 g/mol. The number of carbonyl (C=O) groups is 2. The van der Waals surface area contributed by atoms with Gasteiger partial charge in [0, 0.05) is 12.6 Å². The molecule has 2 heterocycles. The number of nitro groups is 1. The van der Waals surface area contributed by atoms with Gasteiger partial charge in [-0.2, -0.15) is 0 Å². The molecule has 25 heavy (non-hydrogen) atoms. The number of aliphatic carboxylic acids is 2. The number of pyridine rings is 1. The first kappa shape index (κ1) is 18.4. The van der Waals surface area contributed by atoms with Crippen molar-refractivity contribution in [2.75, 3.05) is 16.8 Å². The normalized spacial score (nSPS) is 18.2. The van der Waals surface area contributed by atoms with Crippen molar-refractivity contribution >= 4 is 29.3 Å². The molecule has 1 aromatic rings. The van der Waals surface area contributed by atoms with Crippen LogP contribution in [-0.2, 0) is 9.59 Å². The number of carboxylic acids is 2. The van der Waals surface area contributed by atoms with Crippen molar-refractivity contribution in [3.05, 3.63) is 22.2 Å². The Morgan fingerprint density at radius 2 is 2.08 bits per heavy atom. The number of nitrogens with zero attached hydrogens (tertiary/aromatic N) is 3. The molecule has 0 spiro atoms. The van der Waals surface area contributed by atoms with Gasteiger partial charge in [0.1, 0.15) is 17.9 Å². The third-order valence-corrected chi connectivity index (χ3v) is 4.11. The van der Waals surface area contributed by atoms with Crippen LogP contribution in [0.5, 0.6) is 0 Å². The highest BCUT2D eigenvalue weighted by Crippen LogP contribution is 2.30. The lowest BCUT2D eigenvalue weighted by molar-refractivity contribution is -0.384. The SMILES string of the molecule is CC(C)C(Nc1nc(N2CCC[C@H]2C(=O)O)ccc1[N+](=O)[O-])C(=O)O. The smallest absolute Gasteiger partial charge is 0.326 e. The van der Waals surface area contributed by atoms with Gasteiger partial charge in [0.25, 0.3) is 0 Å². The van der Waals surface area contributed by atoms with Crippen LogP contribution >= 0.6 is 0 Å². The number of nitrogens with one attached hydrogen (secondary N) is 1. The number of aromatic nitrogens is 1. The van der Waals surface area contributed by atoms with Crippen LogP contribution in [0.25, 0.3) is 0 Å². The highest BCUT2D eigenvalue weighted by molar-refractivity contribution is 5.80. The van der Waals surface area contributed by atoms with Gasteiger partial charge in [-0.25, -0.2) is 14.6 Å². The van der Waals surface area contributed by atoms with Crippen LogP contribution in [0.15, 0.2) is 12.1 Å². The Balaban J connectivity index is 2.41. The van der Waals surface area contributed by atoms with Crippen LogP contribution in [-0.4, -0.2) is 50.7 Å². The summed E-state index contributed by atoms with van der Waals surface area (Å²) in [4.78, 5) is 39.0. The molecule has 0 radical (unpaired) electrons. The Labute approximate surface area is 143 Å². The number of rotatable bonds is 7. The van der Waals surface area contributed by atoms with E-state index in [0.29, 0.717) is 19.4 Å². The summed E-state index contributed by atoms with van der Waals surface area (Å²) in [6.45, 7) is 3.80. The van der Waals surface area contributed by atoms with E-state index in [9.17, 15) is 29.9 Å². The third-order valence-electron chi connectivity index (χ3n) is 4.11. The number of anilines is 2. The molecule has 2 atom stereocenters. The molecule has 1 unspecified atom stereocenters. The molecule has 1 aromatic heterocycles. The molecule has 0 amide bonds. The molecule has 0 saturated carbocycles. The molecule has 0 aliphatic carbocycles. The summed E-state index contributed by atoms with van der Waals surface area (Å²) >= 11 is 0. The van der Waals surface area contributed by atoms with E-state index in [0.717, 1.165) is 0 Å². The Kier molecular flexibility index (Phi) is 5.40. The Bertz CT molecular complexity index is 693. The van der Waals surface area contributed by atoms with Crippen molar-refractivity contribution in [3.8, 4) is 0 Å². The lowest BCUT2D eigenvalue weighted by Gasteiger charge is -2.24.